The molecule has 134 valence electrons. The highest BCUT2D eigenvalue weighted by molar-refractivity contribution is 5.86. The van der Waals surface area contributed by atoms with Crippen LogP contribution < -0.4 is 10.6 Å². The molecule has 1 aliphatic heterocycles. The molecule has 1 amide bonds. The second-order valence-corrected chi connectivity index (χ2v) is 6.47. The smallest absolute Gasteiger partial charge is 0.220 e. The Hall–Kier alpha value is -3.00. The second kappa shape index (κ2) is 6.72. The molecule has 8 heteroatoms. The molecule has 2 N–H and O–H groups in total. The van der Waals surface area contributed by atoms with Crippen molar-refractivity contribution < 1.29 is 9.53 Å². The van der Waals surface area contributed by atoms with Gasteiger partial charge >= 0.3 is 0 Å². The highest BCUT2D eigenvalue weighted by Gasteiger charge is 2.23. The van der Waals surface area contributed by atoms with E-state index in [1.54, 1.807) is 10.9 Å². The van der Waals surface area contributed by atoms with E-state index >= 15 is 0 Å². The Kier molecular flexibility index (Phi) is 4.26. The Balaban J connectivity index is 1.62. The van der Waals surface area contributed by atoms with Crippen LogP contribution in [0.5, 0.6) is 0 Å². The first kappa shape index (κ1) is 16.5. The van der Waals surface area contributed by atoms with Crippen molar-refractivity contribution in [2.45, 2.75) is 12.5 Å². The molecule has 4 rings (SSSR count). The van der Waals surface area contributed by atoms with Crippen LogP contribution >= 0.6 is 0 Å². The number of nitrogens with zero attached hydrogens (tertiary/aromatic N) is 5. The Morgan fingerprint density at radius 3 is 2.88 bits per heavy atom. The average Bonchev–Trinajstić information content (AvgIpc) is 3.07. The monoisotopic (exact) mass is 352 g/mol. The molecule has 0 aromatic carbocycles. The van der Waals surface area contributed by atoms with Crippen molar-refractivity contribution in [3.8, 4) is 11.3 Å². The summed E-state index contributed by atoms with van der Waals surface area (Å²) in [7, 11) is 1.88. The number of hydrogen-bond acceptors (Lipinski definition) is 6. The molecular weight excluding hydrogens is 332 g/mol. The zero-order valence-corrected chi connectivity index (χ0v) is 14.5. The Morgan fingerprint density at radius 1 is 1.27 bits per heavy atom. The van der Waals surface area contributed by atoms with Crippen molar-refractivity contribution in [2.24, 2.45) is 12.8 Å². The summed E-state index contributed by atoms with van der Waals surface area (Å²) in [5, 5.41) is 6.23. The predicted octanol–water partition coefficient (Wildman–Crippen LogP) is 1.11. The van der Waals surface area contributed by atoms with E-state index in [2.05, 4.69) is 20.0 Å². The lowest BCUT2D eigenvalue weighted by molar-refractivity contribution is -0.121. The minimum absolute atomic E-state index is 0.192. The predicted molar refractivity (Wildman–Crippen MR) is 97.5 cm³/mol. The van der Waals surface area contributed by atoms with Gasteiger partial charge in [0, 0.05) is 49.7 Å². The van der Waals surface area contributed by atoms with Crippen molar-refractivity contribution in [3.05, 3.63) is 36.9 Å². The number of aromatic nitrogens is 4. The standard InChI is InChI=1S/C18H20N6O2/c1-23-10-14(9-22-23)16-4-12-5-18(21-8-13(12)7-20-16)24-2-3-26-15(11-24)6-17(19)25/h4-5,7-10,15H,2-3,6,11H2,1H3,(H2,19,25). The SMILES string of the molecule is Cn1cc(-c2cc3cc(N4CCOC(CC(N)=O)C4)ncc3cn2)cn1. The molecule has 26 heavy (non-hydrogen) atoms. The van der Waals surface area contributed by atoms with Gasteiger partial charge in [-0.3, -0.25) is 14.5 Å². The maximum atomic E-state index is 11.2. The number of primary amides is 1. The van der Waals surface area contributed by atoms with Crippen LogP contribution in [0.1, 0.15) is 6.42 Å². The van der Waals surface area contributed by atoms with Crippen molar-refractivity contribution >= 4 is 22.5 Å². The van der Waals surface area contributed by atoms with E-state index in [0.29, 0.717) is 13.2 Å². The molecule has 3 aromatic heterocycles. The summed E-state index contributed by atoms with van der Waals surface area (Å²) in [6, 6.07) is 4.09. The quantitative estimate of drug-likeness (QED) is 0.755. The average molecular weight is 352 g/mol. The van der Waals surface area contributed by atoms with Gasteiger partial charge in [-0.05, 0) is 17.5 Å². The van der Waals surface area contributed by atoms with Crippen molar-refractivity contribution in [1.82, 2.24) is 19.7 Å². The van der Waals surface area contributed by atoms with Gasteiger partial charge in [0.25, 0.3) is 0 Å². The van der Waals surface area contributed by atoms with Gasteiger partial charge in [-0.1, -0.05) is 0 Å². The molecule has 0 radical (unpaired) electrons. The van der Waals surface area contributed by atoms with Crippen LogP contribution in [0.15, 0.2) is 36.9 Å². The molecule has 0 aliphatic carbocycles. The van der Waals surface area contributed by atoms with Crippen LogP contribution in [0.3, 0.4) is 0 Å². The molecule has 1 unspecified atom stereocenters. The lowest BCUT2D eigenvalue weighted by Gasteiger charge is -2.33. The summed E-state index contributed by atoms with van der Waals surface area (Å²) >= 11 is 0. The van der Waals surface area contributed by atoms with Gasteiger partial charge in [0.05, 0.1) is 31.0 Å². The second-order valence-electron chi connectivity index (χ2n) is 6.47. The van der Waals surface area contributed by atoms with E-state index < -0.39 is 0 Å². The first-order valence-electron chi connectivity index (χ1n) is 8.48. The van der Waals surface area contributed by atoms with E-state index in [1.807, 2.05) is 37.8 Å². The highest BCUT2D eigenvalue weighted by Crippen LogP contribution is 2.25. The molecular formula is C18H20N6O2. The van der Waals surface area contributed by atoms with E-state index in [0.717, 1.165) is 34.4 Å². The molecule has 1 atom stereocenters. The highest BCUT2D eigenvalue weighted by atomic mass is 16.5. The normalized spacial score (nSPS) is 17.6. The Bertz CT molecular complexity index is 954. The molecule has 0 spiro atoms. The van der Waals surface area contributed by atoms with Crippen LogP contribution in [-0.2, 0) is 16.6 Å². The summed E-state index contributed by atoms with van der Waals surface area (Å²) in [5.41, 5.74) is 7.13. The minimum Gasteiger partial charge on any atom is -0.374 e. The molecule has 4 heterocycles. The fraction of sp³-hybridized carbons (Fsp3) is 0.333. The molecule has 3 aromatic rings. The summed E-state index contributed by atoms with van der Waals surface area (Å²) in [5.74, 6) is 0.508. The van der Waals surface area contributed by atoms with E-state index in [4.69, 9.17) is 10.5 Å². The van der Waals surface area contributed by atoms with Gasteiger partial charge < -0.3 is 15.4 Å². The molecule has 0 bridgehead atoms. The molecule has 1 saturated heterocycles. The number of morpholine rings is 1. The number of fused-ring (bicyclic) bond motifs is 1. The zero-order chi connectivity index (χ0) is 18.1. The van der Waals surface area contributed by atoms with E-state index in [1.165, 1.54) is 0 Å². The maximum absolute atomic E-state index is 11.2. The fourth-order valence-electron chi connectivity index (χ4n) is 3.19. The summed E-state index contributed by atoms with van der Waals surface area (Å²) < 4.78 is 7.37. The first-order valence-corrected chi connectivity index (χ1v) is 8.48. The van der Waals surface area contributed by atoms with Crippen LogP contribution in [0, 0.1) is 0 Å². The summed E-state index contributed by atoms with van der Waals surface area (Å²) in [6.07, 6.45) is 7.41. The number of carbonyl (C=O) groups is 1. The Labute approximate surface area is 150 Å². The van der Waals surface area contributed by atoms with Gasteiger partial charge in [0.2, 0.25) is 5.91 Å². The number of ether oxygens (including phenoxy) is 1. The largest absolute Gasteiger partial charge is 0.374 e. The summed E-state index contributed by atoms with van der Waals surface area (Å²) in [6.45, 7) is 1.88. The van der Waals surface area contributed by atoms with Crippen molar-refractivity contribution in [3.63, 3.8) is 0 Å². The third-order valence-electron chi connectivity index (χ3n) is 4.48. The topological polar surface area (TPSA) is 99.2 Å². The van der Waals surface area contributed by atoms with Crippen molar-refractivity contribution in [1.29, 1.82) is 0 Å². The number of aryl methyl sites for hydroxylation is 1. The van der Waals surface area contributed by atoms with Crippen LogP contribution in [-0.4, -0.2) is 51.5 Å². The minimum atomic E-state index is -0.351. The molecule has 1 aliphatic rings. The van der Waals surface area contributed by atoms with Crippen LogP contribution in [0.2, 0.25) is 0 Å². The fourth-order valence-corrected chi connectivity index (χ4v) is 3.19. The van der Waals surface area contributed by atoms with Crippen LogP contribution in [0.25, 0.3) is 22.0 Å². The van der Waals surface area contributed by atoms with Crippen molar-refractivity contribution in [2.75, 3.05) is 24.6 Å². The first-order chi connectivity index (χ1) is 12.6. The van der Waals surface area contributed by atoms with E-state index in [-0.39, 0.29) is 18.4 Å². The molecule has 0 saturated carbocycles. The van der Waals surface area contributed by atoms with Gasteiger partial charge in [-0.2, -0.15) is 5.10 Å². The lowest BCUT2D eigenvalue weighted by atomic mass is 10.1. The third kappa shape index (κ3) is 3.36. The zero-order valence-electron chi connectivity index (χ0n) is 14.5. The number of hydrogen-bond donors (Lipinski definition) is 1. The van der Waals surface area contributed by atoms with Gasteiger partial charge in [0.15, 0.2) is 0 Å². The number of rotatable bonds is 4. The van der Waals surface area contributed by atoms with E-state index in [9.17, 15) is 4.79 Å². The maximum Gasteiger partial charge on any atom is 0.220 e. The Morgan fingerprint density at radius 2 is 2.12 bits per heavy atom. The van der Waals surface area contributed by atoms with Gasteiger partial charge in [-0.25, -0.2) is 4.98 Å². The summed E-state index contributed by atoms with van der Waals surface area (Å²) in [4.78, 5) is 22.3. The number of amides is 1. The third-order valence-corrected chi connectivity index (χ3v) is 4.48. The number of carbonyl (C=O) groups excluding carboxylic acids is 1. The van der Waals surface area contributed by atoms with Crippen LogP contribution in [0.4, 0.5) is 5.82 Å². The van der Waals surface area contributed by atoms with Gasteiger partial charge in [-0.15, -0.1) is 0 Å². The molecule has 1 fully saturated rings. The molecule has 8 nitrogen and oxygen atoms in total. The number of anilines is 1. The number of pyridine rings is 2. The van der Waals surface area contributed by atoms with Gasteiger partial charge in [0.1, 0.15) is 5.82 Å². The number of nitrogens with two attached hydrogens (primary N) is 1. The lowest BCUT2D eigenvalue weighted by Crippen LogP contribution is -2.44.